The molecule has 2 bridgehead atoms. The van der Waals surface area contributed by atoms with Crippen molar-refractivity contribution in [3.8, 4) is 0 Å². The van der Waals surface area contributed by atoms with Gasteiger partial charge in [-0.1, -0.05) is 29.8 Å². The van der Waals surface area contributed by atoms with Gasteiger partial charge >= 0.3 is 0 Å². The van der Waals surface area contributed by atoms with E-state index in [0.717, 1.165) is 6.54 Å². The molecule has 5 heterocycles. The van der Waals surface area contributed by atoms with Gasteiger partial charge in [-0.3, -0.25) is 9.69 Å². The largest absolute Gasteiger partial charge is 0.373 e. The van der Waals surface area contributed by atoms with Crippen LogP contribution in [0.15, 0.2) is 35.9 Å². The number of ether oxygens (including phenoxy) is 1. The maximum atomic E-state index is 13.2. The van der Waals surface area contributed by atoms with Crippen molar-refractivity contribution < 1.29 is 9.53 Å². The summed E-state index contributed by atoms with van der Waals surface area (Å²) in [5, 5.41) is 0. The van der Waals surface area contributed by atoms with Crippen molar-refractivity contribution in [2.45, 2.75) is 42.9 Å². The lowest BCUT2D eigenvalue weighted by Crippen LogP contribution is -2.69. The van der Waals surface area contributed by atoms with E-state index in [0.29, 0.717) is 36.9 Å². The first-order chi connectivity index (χ1) is 12.3. The van der Waals surface area contributed by atoms with Crippen molar-refractivity contribution in [3.05, 3.63) is 41.5 Å². The minimum Gasteiger partial charge on any atom is -0.373 e. The Hall–Kier alpha value is -1.65. The number of hydrogen-bond acceptors (Lipinski definition) is 3. The van der Waals surface area contributed by atoms with Crippen LogP contribution in [0.25, 0.3) is 0 Å². The van der Waals surface area contributed by atoms with Crippen molar-refractivity contribution in [1.82, 2.24) is 4.90 Å². The van der Waals surface area contributed by atoms with Gasteiger partial charge < -0.3 is 9.64 Å². The Bertz CT molecular complexity index is 848. The minimum absolute atomic E-state index is 0.104. The van der Waals surface area contributed by atoms with E-state index < -0.39 is 0 Å². The van der Waals surface area contributed by atoms with Crippen LogP contribution < -0.4 is 4.90 Å². The molecule has 1 aliphatic carbocycles. The molecule has 0 aromatic heterocycles. The number of hydrogen-bond donors (Lipinski definition) is 0. The summed E-state index contributed by atoms with van der Waals surface area (Å²) in [6.07, 6.45) is 5.43. The van der Waals surface area contributed by atoms with Gasteiger partial charge in [-0.25, -0.2) is 0 Å². The molecule has 5 aliphatic heterocycles. The molecule has 4 nitrogen and oxygen atoms in total. The molecule has 7 rings (SSSR count). The molecular weight excluding hydrogens is 312 g/mol. The van der Waals surface area contributed by atoms with E-state index in [1.165, 1.54) is 30.6 Å². The standard InChI is InChI=1S/C21H22N2O2/c24-18-10-16-19-13-9-17-21(6-7-22(17)11-12(13)5-8-25-16)14-3-1-2-4-15(14)23(18)20(19)21/h1-5,13,16-17,19-20H,6-11H2/t13-,16+,17+,19-,20+,21-/m0/s1. The monoisotopic (exact) mass is 334 g/mol. The first kappa shape index (κ1) is 13.5. The Morgan fingerprint density at radius 1 is 1.24 bits per heavy atom. The number of carbonyl (C=O) groups is 1. The number of amides is 1. The summed E-state index contributed by atoms with van der Waals surface area (Å²) < 4.78 is 6.25. The highest BCUT2D eigenvalue weighted by Crippen LogP contribution is 2.65. The SMILES string of the molecule is O=C1C[C@H]2OCC=C3CN4CC[C@@]56c7ccccc7N1[C@@H]5[C@H]2[C@H]3C[C@@H]46. The van der Waals surface area contributed by atoms with Gasteiger partial charge in [-0.05, 0) is 36.9 Å². The maximum Gasteiger partial charge on any atom is 0.229 e. The number of piperidine rings is 2. The fraction of sp³-hybridized carbons (Fsp3) is 0.571. The van der Waals surface area contributed by atoms with Crippen molar-refractivity contribution in [1.29, 1.82) is 0 Å². The van der Waals surface area contributed by atoms with Crippen LogP contribution >= 0.6 is 0 Å². The quantitative estimate of drug-likeness (QED) is 0.681. The van der Waals surface area contributed by atoms with E-state index in [1.54, 1.807) is 5.57 Å². The molecule has 3 saturated heterocycles. The zero-order valence-corrected chi connectivity index (χ0v) is 14.2. The van der Waals surface area contributed by atoms with Gasteiger partial charge in [0.05, 0.1) is 25.2 Å². The lowest BCUT2D eigenvalue weighted by molar-refractivity contribution is -0.132. The number of para-hydroxylation sites is 1. The van der Waals surface area contributed by atoms with E-state index in [4.69, 9.17) is 4.74 Å². The third-order valence-corrected chi connectivity index (χ3v) is 8.22. The molecular formula is C21H22N2O2. The Kier molecular flexibility index (Phi) is 2.27. The molecule has 1 saturated carbocycles. The second-order valence-electron chi connectivity index (χ2n) is 8.78. The highest BCUT2D eigenvalue weighted by atomic mass is 16.5. The van der Waals surface area contributed by atoms with Crippen LogP contribution in [0.1, 0.15) is 24.8 Å². The second-order valence-corrected chi connectivity index (χ2v) is 8.78. The van der Waals surface area contributed by atoms with Gasteiger partial charge in [0.1, 0.15) is 0 Å². The summed E-state index contributed by atoms with van der Waals surface area (Å²) >= 11 is 0. The van der Waals surface area contributed by atoms with Crippen LogP contribution in [0.5, 0.6) is 0 Å². The predicted octanol–water partition coefficient (Wildman–Crippen LogP) is 2.09. The summed E-state index contributed by atoms with van der Waals surface area (Å²) in [6, 6.07) is 9.64. The number of anilines is 1. The molecule has 4 fully saturated rings. The van der Waals surface area contributed by atoms with Crippen LogP contribution in [0.3, 0.4) is 0 Å². The molecule has 1 aromatic rings. The Balaban J connectivity index is 1.55. The van der Waals surface area contributed by atoms with Crippen molar-refractivity contribution in [2.24, 2.45) is 11.8 Å². The highest BCUT2D eigenvalue weighted by Gasteiger charge is 2.70. The van der Waals surface area contributed by atoms with Gasteiger partial charge in [-0.2, -0.15) is 0 Å². The van der Waals surface area contributed by atoms with Crippen LogP contribution in [0, 0.1) is 11.8 Å². The third kappa shape index (κ3) is 1.33. The molecule has 128 valence electrons. The first-order valence-corrected chi connectivity index (χ1v) is 9.75. The van der Waals surface area contributed by atoms with Crippen molar-refractivity contribution in [2.75, 3.05) is 24.6 Å². The zero-order valence-electron chi connectivity index (χ0n) is 14.2. The molecule has 0 N–H and O–H groups in total. The average Bonchev–Trinajstić information content (AvgIpc) is 3.10. The predicted molar refractivity (Wildman–Crippen MR) is 93.4 cm³/mol. The van der Waals surface area contributed by atoms with Crippen LogP contribution in [-0.2, 0) is 14.9 Å². The number of fused-ring (bicyclic) bond motifs is 2. The zero-order chi connectivity index (χ0) is 16.3. The van der Waals surface area contributed by atoms with Gasteiger partial charge in [-0.15, -0.1) is 0 Å². The number of nitrogens with zero attached hydrogens (tertiary/aromatic N) is 2. The average molecular weight is 334 g/mol. The molecule has 1 aromatic carbocycles. The first-order valence-electron chi connectivity index (χ1n) is 9.75. The fourth-order valence-electron chi connectivity index (χ4n) is 7.51. The molecule has 6 atom stereocenters. The maximum absolute atomic E-state index is 13.2. The van der Waals surface area contributed by atoms with Crippen LogP contribution in [0.4, 0.5) is 5.69 Å². The third-order valence-electron chi connectivity index (χ3n) is 8.22. The molecule has 6 aliphatic rings. The fourth-order valence-corrected chi connectivity index (χ4v) is 7.51. The van der Waals surface area contributed by atoms with E-state index >= 15 is 0 Å². The minimum atomic E-state index is 0.104. The summed E-state index contributed by atoms with van der Waals surface area (Å²) in [5.74, 6) is 1.35. The van der Waals surface area contributed by atoms with Crippen molar-refractivity contribution >= 4 is 11.6 Å². The normalized spacial score (nSPS) is 45.9. The Morgan fingerprint density at radius 2 is 2.16 bits per heavy atom. The topological polar surface area (TPSA) is 32.8 Å². The van der Waals surface area contributed by atoms with E-state index in [2.05, 4.69) is 40.1 Å². The second kappa shape index (κ2) is 4.18. The summed E-state index contributed by atoms with van der Waals surface area (Å²) in [6.45, 7) is 2.97. The summed E-state index contributed by atoms with van der Waals surface area (Å²) in [7, 11) is 0. The lowest BCUT2D eigenvalue weighted by Gasteiger charge is -2.58. The van der Waals surface area contributed by atoms with E-state index in [-0.39, 0.29) is 17.4 Å². The van der Waals surface area contributed by atoms with Crippen LogP contribution in [-0.4, -0.2) is 48.7 Å². The van der Waals surface area contributed by atoms with Gasteiger partial charge in [0.2, 0.25) is 5.91 Å². The molecule has 4 heteroatoms. The molecule has 0 radical (unpaired) electrons. The van der Waals surface area contributed by atoms with Crippen molar-refractivity contribution in [3.63, 3.8) is 0 Å². The Morgan fingerprint density at radius 3 is 3.12 bits per heavy atom. The van der Waals surface area contributed by atoms with Crippen LogP contribution in [0.2, 0.25) is 0 Å². The summed E-state index contributed by atoms with van der Waals surface area (Å²) in [4.78, 5) is 18.1. The van der Waals surface area contributed by atoms with Gasteiger partial charge in [0.25, 0.3) is 0 Å². The summed E-state index contributed by atoms with van der Waals surface area (Å²) in [5.41, 5.74) is 4.35. The van der Waals surface area contributed by atoms with E-state index in [1.807, 2.05) is 0 Å². The molecule has 0 unspecified atom stereocenters. The highest BCUT2D eigenvalue weighted by molar-refractivity contribution is 5.99. The molecule has 1 spiro atoms. The number of rotatable bonds is 0. The lowest BCUT2D eigenvalue weighted by atomic mass is 9.53. The smallest absolute Gasteiger partial charge is 0.229 e. The number of benzene rings is 1. The number of carbonyl (C=O) groups excluding carboxylic acids is 1. The van der Waals surface area contributed by atoms with Gasteiger partial charge in [0, 0.05) is 29.6 Å². The van der Waals surface area contributed by atoms with Gasteiger partial charge in [0.15, 0.2) is 0 Å². The molecule has 1 amide bonds. The molecule has 25 heavy (non-hydrogen) atoms. The Labute approximate surface area is 147 Å². The van der Waals surface area contributed by atoms with E-state index in [9.17, 15) is 4.79 Å².